The molecule has 0 atom stereocenters. The van der Waals surface area contributed by atoms with Crippen LogP contribution in [-0.2, 0) is 6.54 Å². The maximum atomic E-state index is 12.2. The maximum absolute atomic E-state index is 12.2. The number of amides is 1. The summed E-state index contributed by atoms with van der Waals surface area (Å²) in [7, 11) is 3.08. The summed E-state index contributed by atoms with van der Waals surface area (Å²) in [6.07, 6.45) is 1.48. The molecule has 1 aromatic heterocycles. The molecule has 110 valence electrons. The third-order valence-electron chi connectivity index (χ3n) is 2.90. The molecule has 0 bridgehead atoms. The van der Waals surface area contributed by atoms with Crippen molar-refractivity contribution < 1.29 is 14.3 Å². The van der Waals surface area contributed by atoms with E-state index < -0.39 is 0 Å². The van der Waals surface area contributed by atoms with Crippen LogP contribution < -0.4 is 14.8 Å². The molecule has 0 fully saturated rings. The largest absolute Gasteiger partial charge is 0.497 e. The summed E-state index contributed by atoms with van der Waals surface area (Å²) < 4.78 is 10.3. The lowest BCUT2D eigenvalue weighted by atomic mass is 10.2. The number of rotatable bonds is 5. The van der Waals surface area contributed by atoms with Crippen LogP contribution in [-0.4, -0.2) is 30.1 Å². The lowest BCUT2D eigenvalue weighted by Crippen LogP contribution is -2.23. The van der Waals surface area contributed by atoms with Crippen LogP contribution in [0.25, 0.3) is 0 Å². The van der Waals surface area contributed by atoms with Crippen LogP contribution >= 0.6 is 0 Å². The highest BCUT2D eigenvalue weighted by Gasteiger charge is 2.10. The van der Waals surface area contributed by atoms with Gasteiger partial charge in [0.2, 0.25) is 0 Å². The first-order valence-corrected chi connectivity index (χ1v) is 6.41. The number of hydrogen-bond acceptors (Lipinski definition) is 5. The fourth-order valence-electron chi connectivity index (χ4n) is 1.82. The summed E-state index contributed by atoms with van der Waals surface area (Å²) in [6.45, 7) is 2.21. The zero-order valence-corrected chi connectivity index (χ0v) is 12.2. The standard InChI is InChI=1S/C15H17N3O3/c1-10-4-12(18-9-17-10)8-16-15(19)11-5-13(20-2)7-14(6-11)21-3/h4-7,9H,8H2,1-3H3,(H,16,19). The first-order chi connectivity index (χ1) is 10.1. The quantitative estimate of drug-likeness (QED) is 0.906. The van der Waals surface area contributed by atoms with Crippen LogP contribution in [0.1, 0.15) is 21.7 Å². The molecule has 1 amide bonds. The Kier molecular flexibility index (Phi) is 4.71. The Morgan fingerprint density at radius 1 is 1.10 bits per heavy atom. The van der Waals surface area contributed by atoms with Gasteiger partial charge in [0.05, 0.1) is 26.5 Å². The number of carbonyl (C=O) groups excluding carboxylic acids is 1. The third kappa shape index (κ3) is 3.92. The number of benzene rings is 1. The Hall–Kier alpha value is -2.63. The van der Waals surface area contributed by atoms with Crippen LogP contribution in [0, 0.1) is 6.92 Å². The summed E-state index contributed by atoms with van der Waals surface area (Å²) in [5.74, 6) is 0.915. The van der Waals surface area contributed by atoms with Crippen LogP contribution in [0.3, 0.4) is 0 Å². The van der Waals surface area contributed by atoms with Gasteiger partial charge in [-0.25, -0.2) is 9.97 Å². The van der Waals surface area contributed by atoms with E-state index in [4.69, 9.17) is 9.47 Å². The van der Waals surface area contributed by atoms with E-state index in [0.29, 0.717) is 23.6 Å². The van der Waals surface area contributed by atoms with E-state index in [1.807, 2.05) is 13.0 Å². The summed E-state index contributed by atoms with van der Waals surface area (Å²) in [4.78, 5) is 20.3. The number of aromatic nitrogens is 2. The monoisotopic (exact) mass is 287 g/mol. The Labute approximate surface area is 123 Å². The minimum absolute atomic E-state index is 0.219. The second-order valence-electron chi connectivity index (χ2n) is 4.43. The summed E-state index contributed by atoms with van der Waals surface area (Å²) in [6, 6.07) is 6.85. The van der Waals surface area contributed by atoms with Gasteiger partial charge in [0.15, 0.2) is 0 Å². The molecule has 0 spiro atoms. The first-order valence-electron chi connectivity index (χ1n) is 6.41. The molecule has 0 aliphatic carbocycles. The van der Waals surface area contributed by atoms with Crippen molar-refractivity contribution in [2.75, 3.05) is 14.2 Å². The van der Waals surface area contributed by atoms with Gasteiger partial charge in [-0.1, -0.05) is 0 Å². The number of aryl methyl sites for hydroxylation is 1. The molecule has 0 radical (unpaired) electrons. The number of ether oxygens (including phenoxy) is 2. The Morgan fingerprint density at radius 2 is 1.76 bits per heavy atom. The average molecular weight is 287 g/mol. The molecule has 0 saturated carbocycles. The molecule has 21 heavy (non-hydrogen) atoms. The minimum atomic E-state index is -0.219. The zero-order chi connectivity index (χ0) is 15.2. The average Bonchev–Trinajstić information content (AvgIpc) is 2.52. The van der Waals surface area contributed by atoms with Crippen LogP contribution in [0.4, 0.5) is 0 Å². The van der Waals surface area contributed by atoms with Crippen LogP contribution in [0.5, 0.6) is 11.5 Å². The highest BCUT2D eigenvalue weighted by molar-refractivity contribution is 5.95. The number of hydrogen-bond donors (Lipinski definition) is 1. The molecule has 6 heteroatoms. The van der Waals surface area contributed by atoms with E-state index in [0.717, 1.165) is 11.4 Å². The molecular formula is C15H17N3O3. The van der Waals surface area contributed by atoms with Gasteiger partial charge in [-0.3, -0.25) is 4.79 Å². The lowest BCUT2D eigenvalue weighted by Gasteiger charge is -2.09. The van der Waals surface area contributed by atoms with Crippen LogP contribution in [0.15, 0.2) is 30.6 Å². The Bertz CT molecular complexity index is 622. The highest BCUT2D eigenvalue weighted by atomic mass is 16.5. The van der Waals surface area contributed by atoms with Crippen LogP contribution in [0.2, 0.25) is 0 Å². The third-order valence-corrected chi connectivity index (χ3v) is 2.90. The predicted octanol–water partition coefficient (Wildman–Crippen LogP) is 1.73. The van der Waals surface area contributed by atoms with Crippen molar-refractivity contribution in [3.63, 3.8) is 0 Å². The van der Waals surface area contributed by atoms with E-state index in [1.165, 1.54) is 6.33 Å². The van der Waals surface area contributed by atoms with Crippen molar-refractivity contribution in [2.24, 2.45) is 0 Å². The molecule has 6 nitrogen and oxygen atoms in total. The van der Waals surface area contributed by atoms with Gasteiger partial charge in [0.1, 0.15) is 17.8 Å². The van der Waals surface area contributed by atoms with Gasteiger partial charge in [-0.15, -0.1) is 0 Å². The number of nitrogens with zero attached hydrogens (tertiary/aromatic N) is 2. The topological polar surface area (TPSA) is 73.3 Å². The SMILES string of the molecule is COc1cc(OC)cc(C(=O)NCc2cc(C)ncn2)c1. The van der Waals surface area contributed by atoms with Gasteiger partial charge in [0, 0.05) is 17.3 Å². The van der Waals surface area contributed by atoms with Crippen molar-refractivity contribution in [1.29, 1.82) is 0 Å². The Morgan fingerprint density at radius 3 is 2.33 bits per heavy atom. The summed E-state index contributed by atoms with van der Waals surface area (Å²) >= 11 is 0. The molecule has 2 rings (SSSR count). The fourth-order valence-corrected chi connectivity index (χ4v) is 1.82. The maximum Gasteiger partial charge on any atom is 0.251 e. The van der Waals surface area contributed by atoms with Crippen molar-refractivity contribution in [2.45, 2.75) is 13.5 Å². The predicted molar refractivity (Wildman–Crippen MR) is 77.5 cm³/mol. The van der Waals surface area contributed by atoms with E-state index in [9.17, 15) is 4.79 Å². The van der Waals surface area contributed by atoms with Gasteiger partial charge in [0.25, 0.3) is 5.91 Å². The molecule has 1 heterocycles. The van der Waals surface area contributed by atoms with E-state index in [-0.39, 0.29) is 5.91 Å². The highest BCUT2D eigenvalue weighted by Crippen LogP contribution is 2.22. The number of methoxy groups -OCH3 is 2. The van der Waals surface area contributed by atoms with Crippen molar-refractivity contribution in [1.82, 2.24) is 15.3 Å². The minimum Gasteiger partial charge on any atom is -0.497 e. The second kappa shape index (κ2) is 6.69. The molecule has 1 aromatic carbocycles. The molecule has 2 aromatic rings. The summed E-state index contributed by atoms with van der Waals surface area (Å²) in [5.41, 5.74) is 2.08. The molecule has 0 saturated heterocycles. The number of nitrogens with one attached hydrogen (secondary N) is 1. The Balaban J connectivity index is 2.09. The van der Waals surface area contributed by atoms with Gasteiger partial charge >= 0.3 is 0 Å². The summed E-state index contributed by atoms with van der Waals surface area (Å²) in [5, 5.41) is 2.80. The number of carbonyl (C=O) groups is 1. The fraction of sp³-hybridized carbons (Fsp3) is 0.267. The van der Waals surface area contributed by atoms with E-state index >= 15 is 0 Å². The molecule has 0 unspecified atom stereocenters. The molecule has 0 aliphatic rings. The van der Waals surface area contributed by atoms with Crippen molar-refractivity contribution in [3.05, 3.63) is 47.5 Å². The second-order valence-corrected chi connectivity index (χ2v) is 4.43. The van der Waals surface area contributed by atoms with E-state index in [2.05, 4.69) is 15.3 Å². The van der Waals surface area contributed by atoms with Gasteiger partial charge < -0.3 is 14.8 Å². The van der Waals surface area contributed by atoms with Crippen molar-refractivity contribution >= 4 is 5.91 Å². The normalized spacial score (nSPS) is 10.0. The molecular weight excluding hydrogens is 270 g/mol. The van der Waals surface area contributed by atoms with Gasteiger partial charge in [-0.05, 0) is 25.1 Å². The lowest BCUT2D eigenvalue weighted by molar-refractivity contribution is 0.0949. The van der Waals surface area contributed by atoms with Crippen molar-refractivity contribution in [3.8, 4) is 11.5 Å². The van der Waals surface area contributed by atoms with E-state index in [1.54, 1.807) is 32.4 Å². The van der Waals surface area contributed by atoms with Gasteiger partial charge in [-0.2, -0.15) is 0 Å². The molecule has 1 N–H and O–H groups in total. The smallest absolute Gasteiger partial charge is 0.251 e. The molecule has 0 aliphatic heterocycles. The zero-order valence-electron chi connectivity index (χ0n) is 12.2. The first kappa shape index (κ1) is 14.8.